The zero-order valence-electron chi connectivity index (χ0n) is 21.2. The van der Waals surface area contributed by atoms with Crippen molar-refractivity contribution in [2.75, 3.05) is 13.2 Å². The zero-order chi connectivity index (χ0) is 26.3. The summed E-state index contributed by atoms with van der Waals surface area (Å²) in [5.74, 6) is -0.359. The summed E-state index contributed by atoms with van der Waals surface area (Å²) in [6, 6.07) is 8.09. The number of benzene rings is 1. The van der Waals surface area contributed by atoms with Crippen LogP contribution in [0.25, 0.3) is 0 Å². The molecule has 0 N–H and O–H groups in total. The van der Waals surface area contributed by atoms with Crippen LogP contribution in [0, 0.1) is 5.41 Å². The van der Waals surface area contributed by atoms with E-state index in [1.807, 2.05) is 13.8 Å². The third-order valence-electron chi connectivity index (χ3n) is 6.90. The Kier molecular flexibility index (Phi) is 7.46. The van der Waals surface area contributed by atoms with Gasteiger partial charge in [0, 0.05) is 12.8 Å². The van der Waals surface area contributed by atoms with E-state index in [0.29, 0.717) is 35.1 Å². The second-order valence-electron chi connectivity index (χ2n) is 10.2. The lowest BCUT2D eigenvalue weighted by molar-refractivity contribution is -0.118. The van der Waals surface area contributed by atoms with Crippen LogP contribution in [-0.2, 0) is 33.0 Å². The lowest BCUT2D eigenvalue weighted by atomic mass is 9.71. The molecule has 7 nitrogen and oxygen atoms in total. The number of hydrogen-bond acceptors (Lipinski definition) is 7. The molecule has 36 heavy (non-hydrogen) atoms. The van der Waals surface area contributed by atoms with Crippen molar-refractivity contribution in [3.63, 3.8) is 0 Å². The molecule has 194 valence electrons. The predicted octanol–water partition coefficient (Wildman–Crippen LogP) is 5.73. The van der Waals surface area contributed by atoms with E-state index in [0.717, 1.165) is 0 Å². The molecule has 0 fully saturated rings. The van der Waals surface area contributed by atoms with Gasteiger partial charge in [0.2, 0.25) is 0 Å². The van der Waals surface area contributed by atoms with Gasteiger partial charge in [-0.15, -0.1) is 0 Å². The van der Waals surface area contributed by atoms with Crippen molar-refractivity contribution < 1.29 is 31.6 Å². The fraction of sp³-hybridized carbons (Fsp3) is 0.481. The summed E-state index contributed by atoms with van der Waals surface area (Å²) < 4.78 is 53.5. The van der Waals surface area contributed by atoms with Gasteiger partial charge < -0.3 is 9.05 Å². The maximum Gasteiger partial charge on any atom is 0.361 e. The fourth-order valence-corrected chi connectivity index (χ4v) is 9.45. The average molecular weight is 533 g/mol. The zero-order valence-corrected chi connectivity index (χ0v) is 22.9. The molecule has 3 aliphatic rings. The fourth-order valence-electron chi connectivity index (χ4n) is 5.52. The SMILES string of the molecule is CCOP(=O)(OCC)/C1=C2\CC(=O)C=C2C(S(=O)(=O)c2ccccc2)CCC2=C1CC(C)(C)CC2=O. The van der Waals surface area contributed by atoms with Crippen LogP contribution in [0.5, 0.6) is 0 Å². The third kappa shape index (κ3) is 4.89. The van der Waals surface area contributed by atoms with Crippen LogP contribution < -0.4 is 0 Å². The standard InChI is InChI=1S/C27H33O7PS/c1-5-33-35(30,34-6-2)26-22-15-18(28)14-21(22)25(36(31,32)19-10-8-7-9-11-19)13-12-20-23(26)16-27(3,4)17-24(20)29/h7-11,14,25H,5-6,12-13,15-17H2,1-4H3/b26-22+. The minimum atomic E-state index is -3.98. The average Bonchev–Trinajstić information content (AvgIpc) is 3.14. The van der Waals surface area contributed by atoms with E-state index in [9.17, 15) is 22.6 Å². The van der Waals surface area contributed by atoms with Crippen LogP contribution in [-0.4, -0.2) is 38.4 Å². The molecule has 1 unspecified atom stereocenters. The summed E-state index contributed by atoms with van der Waals surface area (Å²) in [6.07, 6.45) is 2.35. The summed E-state index contributed by atoms with van der Waals surface area (Å²) in [5, 5.41) is -0.850. The summed E-state index contributed by atoms with van der Waals surface area (Å²) in [4.78, 5) is 26.4. The van der Waals surface area contributed by atoms with Crippen LogP contribution in [0.2, 0.25) is 0 Å². The van der Waals surface area contributed by atoms with Crippen molar-refractivity contribution in [1.82, 2.24) is 0 Å². The molecule has 0 bridgehead atoms. The minimum absolute atomic E-state index is 0.0900. The number of Topliss-reactive ketones (excluding diaryl/α,β-unsaturated/α-hetero) is 1. The molecule has 1 atom stereocenters. The van der Waals surface area contributed by atoms with E-state index in [-0.39, 0.29) is 54.3 Å². The molecular formula is C27H33O7PS. The molecule has 0 aliphatic heterocycles. The van der Waals surface area contributed by atoms with Gasteiger partial charge in [0.1, 0.15) is 0 Å². The number of carbonyl (C=O) groups excluding carboxylic acids is 2. The van der Waals surface area contributed by atoms with Crippen LogP contribution in [0.4, 0.5) is 0 Å². The van der Waals surface area contributed by atoms with Crippen LogP contribution in [0.3, 0.4) is 0 Å². The number of hydrogen-bond donors (Lipinski definition) is 0. The molecule has 9 heteroatoms. The molecule has 3 aliphatic carbocycles. The molecule has 0 spiro atoms. The van der Waals surface area contributed by atoms with Crippen molar-refractivity contribution in [2.45, 2.75) is 69.9 Å². The maximum absolute atomic E-state index is 14.3. The van der Waals surface area contributed by atoms with Gasteiger partial charge in [-0.05, 0) is 79.0 Å². The van der Waals surface area contributed by atoms with Crippen LogP contribution >= 0.6 is 7.60 Å². The highest BCUT2D eigenvalue weighted by atomic mass is 32.2. The molecule has 1 aromatic rings. The molecule has 0 amide bonds. The van der Waals surface area contributed by atoms with E-state index >= 15 is 0 Å². The van der Waals surface area contributed by atoms with Crippen molar-refractivity contribution in [2.24, 2.45) is 5.41 Å². The van der Waals surface area contributed by atoms with Gasteiger partial charge in [0.25, 0.3) is 0 Å². The van der Waals surface area contributed by atoms with Crippen LogP contribution in [0.1, 0.15) is 59.8 Å². The minimum Gasteiger partial charge on any atom is -0.305 e. The Balaban J connectivity index is 2.03. The van der Waals surface area contributed by atoms with Crippen molar-refractivity contribution in [3.05, 3.63) is 64.0 Å². The Bertz CT molecular complexity index is 1320. The molecular weight excluding hydrogens is 499 g/mol. The van der Waals surface area contributed by atoms with E-state index < -0.39 is 28.1 Å². The summed E-state index contributed by atoms with van der Waals surface area (Å²) in [5.41, 5.74) is 1.37. The molecule has 0 heterocycles. The van der Waals surface area contributed by atoms with Gasteiger partial charge >= 0.3 is 7.60 Å². The Hall–Kier alpha value is -2.12. The lowest BCUT2D eigenvalue weighted by Gasteiger charge is -2.37. The Morgan fingerprint density at radius 3 is 2.22 bits per heavy atom. The number of sulfone groups is 1. The van der Waals surface area contributed by atoms with Gasteiger partial charge in [0.15, 0.2) is 21.4 Å². The monoisotopic (exact) mass is 532 g/mol. The van der Waals surface area contributed by atoms with Crippen LogP contribution in [0.15, 0.2) is 68.9 Å². The highest BCUT2D eigenvalue weighted by Crippen LogP contribution is 2.64. The largest absolute Gasteiger partial charge is 0.361 e. The summed E-state index contributed by atoms with van der Waals surface area (Å²) >= 11 is 0. The summed E-state index contributed by atoms with van der Waals surface area (Å²) in [7, 11) is -7.89. The summed E-state index contributed by atoms with van der Waals surface area (Å²) in [6.45, 7) is 7.52. The Labute approximate surface area is 213 Å². The van der Waals surface area contributed by atoms with E-state index in [1.54, 1.807) is 32.0 Å². The van der Waals surface area contributed by atoms with Crippen molar-refractivity contribution in [1.29, 1.82) is 0 Å². The van der Waals surface area contributed by atoms with Crippen molar-refractivity contribution in [3.8, 4) is 0 Å². The van der Waals surface area contributed by atoms with Gasteiger partial charge in [-0.2, -0.15) is 0 Å². The molecule has 1 aromatic carbocycles. The van der Waals surface area contributed by atoms with Gasteiger partial charge in [-0.3, -0.25) is 14.2 Å². The molecule has 0 saturated carbocycles. The number of ketones is 2. The van der Waals surface area contributed by atoms with Gasteiger partial charge in [-0.1, -0.05) is 32.0 Å². The van der Waals surface area contributed by atoms with Gasteiger partial charge in [0.05, 0.1) is 28.7 Å². The predicted molar refractivity (Wildman–Crippen MR) is 137 cm³/mol. The number of carbonyl (C=O) groups is 2. The van der Waals surface area contributed by atoms with Gasteiger partial charge in [-0.25, -0.2) is 8.42 Å². The smallest absolute Gasteiger partial charge is 0.305 e. The normalized spacial score (nSPS) is 24.7. The van der Waals surface area contributed by atoms with Crippen molar-refractivity contribution >= 4 is 29.0 Å². The molecule has 0 radical (unpaired) electrons. The number of allylic oxidation sites excluding steroid dienone is 5. The third-order valence-corrected chi connectivity index (χ3v) is 11.4. The second-order valence-corrected chi connectivity index (χ2v) is 14.3. The van der Waals surface area contributed by atoms with E-state index in [2.05, 4.69) is 0 Å². The Morgan fingerprint density at radius 1 is 0.972 bits per heavy atom. The Morgan fingerprint density at radius 2 is 1.61 bits per heavy atom. The topological polar surface area (TPSA) is 104 Å². The molecule has 4 rings (SSSR count). The maximum atomic E-state index is 14.3. The highest BCUT2D eigenvalue weighted by Gasteiger charge is 2.47. The molecule has 0 saturated heterocycles. The number of fused-ring (bicyclic) bond motifs is 1. The lowest BCUT2D eigenvalue weighted by Crippen LogP contribution is -2.31. The molecule has 0 aromatic heterocycles. The van der Waals surface area contributed by atoms with E-state index in [4.69, 9.17) is 9.05 Å². The van der Waals surface area contributed by atoms with E-state index in [1.165, 1.54) is 18.2 Å². The first kappa shape index (κ1) is 26.9. The number of rotatable bonds is 7. The first-order valence-corrected chi connectivity index (χ1v) is 15.4. The first-order valence-electron chi connectivity index (χ1n) is 12.4. The first-order chi connectivity index (χ1) is 16.9. The second kappa shape index (κ2) is 9.97. The quantitative estimate of drug-likeness (QED) is 0.413. The highest BCUT2D eigenvalue weighted by molar-refractivity contribution is 7.92.